The molecule has 1 aliphatic heterocycles. The molecule has 0 saturated carbocycles. The van der Waals surface area contributed by atoms with E-state index in [1.807, 2.05) is 0 Å². The summed E-state index contributed by atoms with van der Waals surface area (Å²) in [6, 6.07) is 5.55. The predicted molar refractivity (Wildman–Crippen MR) is 70.8 cm³/mol. The van der Waals surface area contributed by atoms with Gasteiger partial charge in [-0.1, -0.05) is 12.1 Å². The number of hydrogen-bond acceptors (Lipinski definition) is 5. The number of benzene rings is 1. The smallest absolute Gasteiger partial charge is 0.325 e. The third-order valence-electron chi connectivity index (χ3n) is 2.74. The highest BCUT2D eigenvalue weighted by Gasteiger charge is 2.27. The summed E-state index contributed by atoms with van der Waals surface area (Å²) < 4.78 is 16.3. The Balaban J connectivity index is 1.90. The quantitative estimate of drug-likeness (QED) is 0.853. The van der Waals surface area contributed by atoms with Crippen molar-refractivity contribution in [2.24, 2.45) is 5.73 Å². The van der Waals surface area contributed by atoms with Gasteiger partial charge in [-0.2, -0.15) is 0 Å². The third kappa shape index (κ3) is 3.42. The van der Waals surface area contributed by atoms with Gasteiger partial charge in [0.1, 0.15) is 24.7 Å². The van der Waals surface area contributed by atoms with Crippen LogP contribution in [0.5, 0.6) is 5.75 Å². The van der Waals surface area contributed by atoms with Crippen LogP contribution in [0.25, 0.3) is 0 Å². The molecule has 6 heteroatoms. The van der Waals surface area contributed by atoms with Gasteiger partial charge in [0.05, 0.1) is 0 Å². The largest absolute Gasteiger partial charge is 0.486 e. The van der Waals surface area contributed by atoms with Crippen LogP contribution in [0.3, 0.4) is 0 Å². The first-order valence-corrected chi connectivity index (χ1v) is 6.14. The first-order chi connectivity index (χ1) is 9.37. The highest BCUT2D eigenvalue weighted by atomic mass is 16.7. The van der Waals surface area contributed by atoms with Crippen LogP contribution in [0.15, 0.2) is 36.3 Å². The van der Waals surface area contributed by atoms with Crippen molar-refractivity contribution in [2.45, 2.75) is 25.7 Å². The SMILES string of the molecule is CC1(C)OC=C(COc2ccc([C@H](N)C(=O)O)cc2)O1. The Morgan fingerprint density at radius 1 is 1.40 bits per heavy atom. The van der Waals surface area contributed by atoms with Gasteiger partial charge in [-0.25, -0.2) is 0 Å². The molecular formula is C14H17NO5. The summed E-state index contributed by atoms with van der Waals surface area (Å²) in [6.45, 7) is 3.85. The Labute approximate surface area is 116 Å². The molecule has 0 spiro atoms. The maximum Gasteiger partial charge on any atom is 0.325 e. The van der Waals surface area contributed by atoms with Gasteiger partial charge in [0.25, 0.3) is 0 Å². The van der Waals surface area contributed by atoms with Gasteiger partial charge in [-0.15, -0.1) is 0 Å². The van der Waals surface area contributed by atoms with Crippen molar-refractivity contribution >= 4 is 5.97 Å². The minimum Gasteiger partial charge on any atom is -0.486 e. The summed E-state index contributed by atoms with van der Waals surface area (Å²) in [7, 11) is 0. The highest BCUT2D eigenvalue weighted by molar-refractivity contribution is 5.75. The molecule has 6 nitrogen and oxygen atoms in total. The molecule has 1 heterocycles. The van der Waals surface area contributed by atoms with E-state index in [1.165, 1.54) is 6.26 Å². The summed E-state index contributed by atoms with van der Waals surface area (Å²) in [5, 5.41) is 8.81. The molecule has 1 aliphatic rings. The lowest BCUT2D eigenvalue weighted by Gasteiger charge is -2.18. The molecule has 0 bridgehead atoms. The van der Waals surface area contributed by atoms with Crippen molar-refractivity contribution in [3.05, 3.63) is 41.9 Å². The van der Waals surface area contributed by atoms with Crippen molar-refractivity contribution in [2.75, 3.05) is 6.61 Å². The van der Waals surface area contributed by atoms with Crippen LogP contribution < -0.4 is 10.5 Å². The summed E-state index contributed by atoms with van der Waals surface area (Å²) in [6.07, 6.45) is 1.52. The average molecular weight is 279 g/mol. The lowest BCUT2D eigenvalue weighted by atomic mass is 10.1. The number of rotatable bonds is 5. The Morgan fingerprint density at radius 3 is 2.55 bits per heavy atom. The topological polar surface area (TPSA) is 91.0 Å². The van der Waals surface area contributed by atoms with E-state index in [-0.39, 0.29) is 6.61 Å². The average Bonchev–Trinajstić information content (AvgIpc) is 2.75. The van der Waals surface area contributed by atoms with E-state index < -0.39 is 17.8 Å². The summed E-state index contributed by atoms with van der Waals surface area (Å²) >= 11 is 0. The molecule has 0 aliphatic carbocycles. The Bertz CT molecular complexity index is 521. The van der Waals surface area contributed by atoms with Crippen LogP contribution in [-0.2, 0) is 14.3 Å². The minimum atomic E-state index is -1.07. The number of carboxylic acid groups (broad SMARTS) is 1. The Hall–Kier alpha value is -2.21. The van der Waals surface area contributed by atoms with Crippen molar-refractivity contribution in [3.63, 3.8) is 0 Å². The zero-order valence-electron chi connectivity index (χ0n) is 11.3. The predicted octanol–water partition coefficient (Wildman–Crippen LogP) is 1.77. The van der Waals surface area contributed by atoms with E-state index >= 15 is 0 Å². The summed E-state index contributed by atoms with van der Waals surface area (Å²) in [5.41, 5.74) is 6.02. The minimum absolute atomic E-state index is 0.244. The lowest BCUT2D eigenvalue weighted by molar-refractivity contribution is -0.138. The van der Waals surface area contributed by atoms with Gasteiger partial charge in [0.15, 0.2) is 5.76 Å². The van der Waals surface area contributed by atoms with Gasteiger partial charge in [0.2, 0.25) is 5.79 Å². The van der Waals surface area contributed by atoms with E-state index in [0.29, 0.717) is 17.1 Å². The first-order valence-electron chi connectivity index (χ1n) is 6.14. The number of hydrogen-bond donors (Lipinski definition) is 2. The van der Waals surface area contributed by atoms with Crippen LogP contribution >= 0.6 is 0 Å². The standard InChI is InChI=1S/C14H17NO5/c1-14(2)19-8-11(20-14)7-18-10-5-3-9(4-6-10)12(15)13(16)17/h3-6,8,12H,7,15H2,1-2H3,(H,16,17)/t12-/m0/s1. The Morgan fingerprint density at radius 2 is 2.05 bits per heavy atom. The molecule has 0 aromatic heterocycles. The molecule has 0 radical (unpaired) electrons. The lowest BCUT2D eigenvalue weighted by Crippen LogP contribution is -2.21. The van der Waals surface area contributed by atoms with Crippen molar-refractivity contribution in [3.8, 4) is 5.75 Å². The van der Waals surface area contributed by atoms with Gasteiger partial charge in [0, 0.05) is 13.8 Å². The number of ether oxygens (including phenoxy) is 3. The second kappa shape index (κ2) is 5.42. The van der Waals surface area contributed by atoms with Gasteiger partial charge in [-0.3, -0.25) is 4.79 Å². The molecule has 20 heavy (non-hydrogen) atoms. The van der Waals surface area contributed by atoms with Crippen LogP contribution in [0.4, 0.5) is 0 Å². The third-order valence-corrected chi connectivity index (χ3v) is 2.74. The molecule has 1 aromatic rings. The van der Waals surface area contributed by atoms with Crippen LogP contribution in [0.2, 0.25) is 0 Å². The summed E-state index contributed by atoms with van der Waals surface area (Å²) in [5.74, 6) is -0.527. The molecule has 3 N–H and O–H groups in total. The van der Waals surface area contributed by atoms with Crippen molar-refractivity contribution in [1.29, 1.82) is 0 Å². The number of carboxylic acids is 1. The van der Waals surface area contributed by atoms with Crippen molar-refractivity contribution in [1.82, 2.24) is 0 Å². The zero-order chi connectivity index (χ0) is 14.8. The van der Waals surface area contributed by atoms with Crippen LogP contribution in [0.1, 0.15) is 25.5 Å². The molecule has 2 rings (SSSR count). The molecule has 0 unspecified atom stereocenters. The fourth-order valence-corrected chi connectivity index (χ4v) is 1.70. The molecular weight excluding hydrogens is 262 g/mol. The molecule has 0 fully saturated rings. The van der Waals surface area contributed by atoms with E-state index in [4.69, 9.17) is 25.1 Å². The number of aliphatic carboxylic acids is 1. The second-order valence-electron chi connectivity index (χ2n) is 4.88. The van der Waals surface area contributed by atoms with E-state index in [0.717, 1.165) is 0 Å². The van der Waals surface area contributed by atoms with Gasteiger partial charge >= 0.3 is 5.97 Å². The molecule has 1 aromatic carbocycles. The second-order valence-corrected chi connectivity index (χ2v) is 4.88. The van der Waals surface area contributed by atoms with Crippen molar-refractivity contribution < 1.29 is 24.1 Å². The monoisotopic (exact) mass is 279 g/mol. The maximum absolute atomic E-state index is 10.8. The van der Waals surface area contributed by atoms with Crippen LogP contribution in [0, 0.1) is 0 Å². The Kier molecular flexibility index (Phi) is 3.85. The summed E-state index contributed by atoms with van der Waals surface area (Å²) in [4.78, 5) is 10.8. The normalized spacial score (nSPS) is 17.6. The molecule has 108 valence electrons. The molecule has 0 saturated heterocycles. The molecule has 1 atom stereocenters. The highest BCUT2D eigenvalue weighted by Crippen LogP contribution is 2.25. The van der Waals surface area contributed by atoms with E-state index in [1.54, 1.807) is 38.1 Å². The number of nitrogens with two attached hydrogens (primary N) is 1. The van der Waals surface area contributed by atoms with Crippen LogP contribution in [-0.4, -0.2) is 23.5 Å². The van der Waals surface area contributed by atoms with E-state index in [2.05, 4.69) is 0 Å². The fourth-order valence-electron chi connectivity index (χ4n) is 1.70. The van der Waals surface area contributed by atoms with Gasteiger partial charge < -0.3 is 25.1 Å². The first kappa shape index (κ1) is 14.2. The number of carbonyl (C=O) groups is 1. The fraction of sp³-hybridized carbons (Fsp3) is 0.357. The molecule has 0 amide bonds. The van der Waals surface area contributed by atoms with Gasteiger partial charge in [-0.05, 0) is 17.7 Å². The maximum atomic E-state index is 10.8. The zero-order valence-corrected chi connectivity index (χ0v) is 11.3. The van der Waals surface area contributed by atoms with E-state index in [9.17, 15) is 4.79 Å².